The third kappa shape index (κ3) is 1.58. The number of ketones is 1. The van der Waals surface area contributed by atoms with E-state index < -0.39 is 11.4 Å². The Hall–Kier alpha value is -1.66. The predicted molar refractivity (Wildman–Crippen MR) is 46.6 cm³/mol. The Kier molecular flexibility index (Phi) is 2.45. The molecule has 0 saturated heterocycles. The zero-order valence-electron chi connectivity index (χ0n) is 7.19. The molecule has 0 aliphatic rings. The van der Waals surface area contributed by atoms with Gasteiger partial charge < -0.3 is 5.11 Å². The smallest absolute Gasteiger partial charge is 0.235 e. The molecular weight excluding hydrogens is 166 g/mol. The maximum absolute atomic E-state index is 11.0. The van der Waals surface area contributed by atoms with Gasteiger partial charge in [-0.2, -0.15) is 5.26 Å². The SMILES string of the molecule is CC(=O)C(O)(C#N)c1ccccc1. The standard InChI is InChI=1S/C10H9NO2/c1-8(12)10(13,7-11)9-5-3-2-4-6-9/h2-6,13H,1H3. The summed E-state index contributed by atoms with van der Waals surface area (Å²) in [4.78, 5) is 11.0. The molecule has 1 aromatic carbocycles. The highest BCUT2D eigenvalue weighted by Crippen LogP contribution is 2.20. The highest BCUT2D eigenvalue weighted by Gasteiger charge is 2.34. The van der Waals surface area contributed by atoms with Crippen LogP contribution in [0.4, 0.5) is 0 Å². The van der Waals surface area contributed by atoms with Gasteiger partial charge in [-0.15, -0.1) is 0 Å². The molecule has 1 N–H and O–H groups in total. The molecule has 66 valence electrons. The lowest BCUT2D eigenvalue weighted by atomic mass is 9.92. The van der Waals surface area contributed by atoms with Gasteiger partial charge in [-0.3, -0.25) is 4.79 Å². The second kappa shape index (κ2) is 3.38. The summed E-state index contributed by atoms with van der Waals surface area (Å²) in [5.41, 5.74) is -1.69. The molecule has 0 bridgehead atoms. The van der Waals surface area contributed by atoms with Crippen LogP contribution >= 0.6 is 0 Å². The zero-order valence-corrected chi connectivity index (χ0v) is 7.19. The summed E-state index contributed by atoms with van der Waals surface area (Å²) in [6.07, 6.45) is 0. The van der Waals surface area contributed by atoms with Crippen molar-refractivity contribution in [2.75, 3.05) is 0 Å². The van der Waals surface area contributed by atoms with E-state index in [-0.39, 0.29) is 0 Å². The number of rotatable bonds is 2. The maximum Gasteiger partial charge on any atom is 0.235 e. The summed E-state index contributed by atoms with van der Waals surface area (Å²) in [6.45, 7) is 1.19. The van der Waals surface area contributed by atoms with Crippen LogP contribution in [0.25, 0.3) is 0 Å². The summed E-state index contributed by atoms with van der Waals surface area (Å²) in [5, 5.41) is 18.3. The molecule has 0 amide bonds. The van der Waals surface area contributed by atoms with Gasteiger partial charge in [0, 0.05) is 5.56 Å². The van der Waals surface area contributed by atoms with Crippen LogP contribution in [-0.2, 0) is 10.4 Å². The summed E-state index contributed by atoms with van der Waals surface area (Å²) in [7, 11) is 0. The molecule has 0 spiro atoms. The molecule has 0 aromatic heterocycles. The fraction of sp³-hybridized carbons (Fsp3) is 0.200. The van der Waals surface area contributed by atoms with E-state index >= 15 is 0 Å². The van der Waals surface area contributed by atoms with Gasteiger partial charge in [0.15, 0.2) is 5.78 Å². The van der Waals surface area contributed by atoms with Crippen molar-refractivity contribution in [3.05, 3.63) is 35.9 Å². The summed E-state index contributed by atoms with van der Waals surface area (Å²) >= 11 is 0. The minimum atomic E-state index is -2.00. The molecule has 3 heteroatoms. The van der Waals surface area contributed by atoms with Gasteiger partial charge in [-0.05, 0) is 6.92 Å². The number of carbonyl (C=O) groups excluding carboxylic acids is 1. The summed E-state index contributed by atoms with van der Waals surface area (Å²) < 4.78 is 0. The van der Waals surface area contributed by atoms with E-state index in [1.54, 1.807) is 36.4 Å². The molecular formula is C10H9NO2. The number of aliphatic hydroxyl groups is 1. The van der Waals surface area contributed by atoms with Crippen molar-refractivity contribution in [2.24, 2.45) is 0 Å². The molecule has 0 fully saturated rings. The van der Waals surface area contributed by atoms with E-state index in [1.165, 1.54) is 6.92 Å². The van der Waals surface area contributed by atoms with Crippen LogP contribution in [0.1, 0.15) is 12.5 Å². The number of hydrogen-bond acceptors (Lipinski definition) is 3. The number of benzene rings is 1. The Balaban J connectivity index is 3.21. The second-order valence-corrected chi connectivity index (χ2v) is 2.74. The van der Waals surface area contributed by atoms with Gasteiger partial charge >= 0.3 is 0 Å². The van der Waals surface area contributed by atoms with Gasteiger partial charge in [0.1, 0.15) is 6.07 Å². The van der Waals surface area contributed by atoms with E-state index in [1.807, 2.05) is 0 Å². The highest BCUT2D eigenvalue weighted by atomic mass is 16.3. The molecule has 3 nitrogen and oxygen atoms in total. The molecule has 0 aliphatic carbocycles. The topological polar surface area (TPSA) is 61.1 Å². The fourth-order valence-corrected chi connectivity index (χ4v) is 1.03. The van der Waals surface area contributed by atoms with Crippen molar-refractivity contribution in [2.45, 2.75) is 12.5 Å². The van der Waals surface area contributed by atoms with Crippen LogP contribution in [0.5, 0.6) is 0 Å². The van der Waals surface area contributed by atoms with Crippen molar-refractivity contribution < 1.29 is 9.90 Å². The summed E-state index contributed by atoms with van der Waals surface area (Å²) in [6, 6.07) is 9.78. The number of nitriles is 1. The van der Waals surface area contributed by atoms with E-state index in [9.17, 15) is 9.90 Å². The molecule has 1 aromatic rings. The minimum Gasteiger partial charge on any atom is -0.366 e. The third-order valence-electron chi connectivity index (χ3n) is 1.86. The van der Waals surface area contributed by atoms with Crippen molar-refractivity contribution in [1.82, 2.24) is 0 Å². The predicted octanol–water partition coefficient (Wildman–Crippen LogP) is 0.987. The number of nitrogens with zero attached hydrogens (tertiary/aromatic N) is 1. The Morgan fingerprint density at radius 2 is 2.00 bits per heavy atom. The van der Waals surface area contributed by atoms with E-state index in [4.69, 9.17) is 5.26 Å². The van der Waals surface area contributed by atoms with Crippen LogP contribution in [0, 0.1) is 11.3 Å². The van der Waals surface area contributed by atoms with E-state index in [2.05, 4.69) is 0 Å². The van der Waals surface area contributed by atoms with E-state index in [0.29, 0.717) is 5.56 Å². The molecule has 1 rings (SSSR count). The van der Waals surface area contributed by atoms with Crippen molar-refractivity contribution in [3.8, 4) is 6.07 Å². The average Bonchev–Trinajstić information content (AvgIpc) is 2.17. The molecule has 13 heavy (non-hydrogen) atoms. The Morgan fingerprint density at radius 1 is 1.46 bits per heavy atom. The maximum atomic E-state index is 11.0. The van der Waals surface area contributed by atoms with Crippen LogP contribution in [0.15, 0.2) is 30.3 Å². The molecule has 1 unspecified atom stereocenters. The number of hydrogen-bond donors (Lipinski definition) is 1. The van der Waals surface area contributed by atoms with Crippen LogP contribution in [-0.4, -0.2) is 10.9 Å². The molecule has 0 heterocycles. The first-order valence-electron chi connectivity index (χ1n) is 3.81. The normalized spacial score (nSPS) is 14.2. The number of carbonyl (C=O) groups is 1. The first-order chi connectivity index (χ1) is 6.11. The summed E-state index contributed by atoms with van der Waals surface area (Å²) in [5.74, 6) is -0.568. The van der Waals surface area contributed by atoms with Crippen LogP contribution < -0.4 is 0 Å². The Morgan fingerprint density at radius 3 is 2.38 bits per heavy atom. The van der Waals surface area contributed by atoms with Gasteiger partial charge in [0.25, 0.3) is 0 Å². The lowest BCUT2D eigenvalue weighted by molar-refractivity contribution is -0.130. The largest absolute Gasteiger partial charge is 0.366 e. The van der Waals surface area contributed by atoms with Crippen molar-refractivity contribution >= 4 is 5.78 Å². The fourth-order valence-electron chi connectivity index (χ4n) is 1.03. The Labute approximate surface area is 76.2 Å². The molecule has 0 saturated carbocycles. The molecule has 1 atom stereocenters. The third-order valence-corrected chi connectivity index (χ3v) is 1.86. The average molecular weight is 175 g/mol. The minimum absolute atomic E-state index is 0.310. The van der Waals surface area contributed by atoms with Crippen molar-refractivity contribution in [1.29, 1.82) is 5.26 Å². The quantitative estimate of drug-likeness (QED) is 0.682. The first kappa shape index (κ1) is 9.43. The van der Waals surface area contributed by atoms with Gasteiger partial charge in [-0.25, -0.2) is 0 Å². The lowest BCUT2D eigenvalue weighted by Crippen LogP contribution is -2.31. The van der Waals surface area contributed by atoms with Crippen molar-refractivity contribution in [3.63, 3.8) is 0 Å². The van der Waals surface area contributed by atoms with Crippen LogP contribution in [0.3, 0.4) is 0 Å². The van der Waals surface area contributed by atoms with Gasteiger partial charge in [0.05, 0.1) is 0 Å². The van der Waals surface area contributed by atoms with Crippen LogP contribution in [0.2, 0.25) is 0 Å². The van der Waals surface area contributed by atoms with Gasteiger partial charge in [0.2, 0.25) is 5.60 Å². The Bertz CT molecular complexity index is 353. The molecule has 0 aliphatic heterocycles. The lowest BCUT2D eigenvalue weighted by Gasteiger charge is -2.16. The first-order valence-corrected chi connectivity index (χ1v) is 3.81. The zero-order chi connectivity index (χ0) is 9.90. The monoisotopic (exact) mass is 175 g/mol. The highest BCUT2D eigenvalue weighted by molar-refractivity contribution is 5.89. The number of Topliss-reactive ketones (excluding diaryl/α,β-unsaturated/α-hetero) is 1. The van der Waals surface area contributed by atoms with E-state index in [0.717, 1.165) is 0 Å². The van der Waals surface area contributed by atoms with Gasteiger partial charge in [-0.1, -0.05) is 30.3 Å². The molecule has 0 radical (unpaired) electrons. The second-order valence-electron chi connectivity index (χ2n) is 2.74.